The molecule has 0 aliphatic heterocycles. The Bertz CT molecular complexity index is 1070. The number of carbonyl (C=O) groups is 1. The summed E-state index contributed by atoms with van der Waals surface area (Å²) in [5.74, 6) is -0.329. The molecule has 3 aromatic rings. The molecule has 1 N–H and O–H groups in total. The molecule has 1 aromatic heterocycles. The number of hydrogen-bond acceptors (Lipinski definition) is 7. The highest BCUT2D eigenvalue weighted by Gasteiger charge is 2.21. The number of unbranched alkanes of at least 4 members (excludes halogenated alkanes) is 1. The van der Waals surface area contributed by atoms with Crippen LogP contribution in [0.25, 0.3) is 5.69 Å². The van der Waals surface area contributed by atoms with E-state index in [1.54, 1.807) is 11.6 Å². The van der Waals surface area contributed by atoms with E-state index >= 15 is 0 Å². The molecule has 9 nitrogen and oxygen atoms in total. The highest BCUT2D eigenvalue weighted by molar-refractivity contribution is 8.00. The molecule has 1 atom stereocenters. The number of halogens is 1. The van der Waals surface area contributed by atoms with Crippen LogP contribution in [0.2, 0.25) is 5.02 Å². The van der Waals surface area contributed by atoms with E-state index in [0.717, 1.165) is 24.9 Å². The summed E-state index contributed by atoms with van der Waals surface area (Å²) in [6.45, 7) is 3.87. The number of benzene rings is 2. The first-order valence-electron chi connectivity index (χ1n) is 9.68. The van der Waals surface area contributed by atoms with Crippen LogP contribution in [0.5, 0.6) is 0 Å². The smallest absolute Gasteiger partial charge is 0.271 e. The molecular formula is C20H21ClN6O3S. The number of nitro groups is 1. The minimum atomic E-state index is -0.549. The van der Waals surface area contributed by atoms with E-state index in [1.807, 2.05) is 24.3 Å². The molecule has 31 heavy (non-hydrogen) atoms. The molecule has 0 radical (unpaired) electrons. The second kappa shape index (κ2) is 10.4. The fourth-order valence-corrected chi connectivity index (χ4v) is 3.79. The van der Waals surface area contributed by atoms with E-state index in [4.69, 9.17) is 11.6 Å². The molecule has 0 aliphatic rings. The number of aromatic nitrogens is 4. The summed E-state index contributed by atoms with van der Waals surface area (Å²) in [4.78, 5) is 22.9. The fourth-order valence-electron chi connectivity index (χ4n) is 2.76. The van der Waals surface area contributed by atoms with Gasteiger partial charge < -0.3 is 5.32 Å². The van der Waals surface area contributed by atoms with Crippen LogP contribution in [0, 0.1) is 10.1 Å². The maximum Gasteiger partial charge on any atom is 0.271 e. The number of rotatable bonds is 9. The van der Waals surface area contributed by atoms with Gasteiger partial charge in [0.2, 0.25) is 11.1 Å². The number of nitrogens with zero attached hydrogens (tertiary/aromatic N) is 5. The van der Waals surface area contributed by atoms with Crippen LogP contribution in [0.4, 0.5) is 11.4 Å². The predicted molar refractivity (Wildman–Crippen MR) is 120 cm³/mol. The van der Waals surface area contributed by atoms with E-state index < -0.39 is 10.2 Å². The average Bonchev–Trinajstić information content (AvgIpc) is 3.21. The Kier molecular flexibility index (Phi) is 7.59. The fraction of sp³-hybridized carbons (Fsp3) is 0.300. The van der Waals surface area contributed by atoms with Crippen LogP contribution < -0.4 is 5.32 Å². The Morgan fingerprint density at radius 3 is 2.68 bits per heavy atom. The maximum atomic E-state index is 12.6. The van der Waals surface area contributed by atoms with Gasteiger partial charge in [-0.15, -0.1) is 5.10 Å². The molecule has 11 heteroatoms. The molecule has 0 saturated carbocycles. The van der Waals surface area contributed by atoms with Gasteiger partial charge in [0.05, 0.1) is 26.6 Å². The first kappa shape index (κ1) is 22.7. The highest BCUT2D eigenvalue weighted by atomic mass is 35.5. The van der Waals surface area contributed by atoms with Crippen molar-refractivity contribution in [2.75, 3.05) is 5.32 Å². The lowest BCUT2D eigenvalue weighted by Gasteiger charge is -2.12. The third-order valence-corrected chi connectivity index (χ3v) is 5.86. The standard InChI is InChI=1S/C20H21ClN6O3S/c1-3-4-5-14-6-8-15(9-7-14)26-20(23-24-25-26)31-13(2)19(28)22-18-11-10-16(27(29)30)12-17(18)21/h6-13H,3-5H2,1-2H3,(H,22,28). The van der Waals surface area contributed by atoms with Crippen LogP contribution in [0.3, 0.4) is 0 Å². The van der Waals surface area contributed by atoms with Gasteiger partial charge in [-0.05, 0) is 54.0 Å². The number of non-ortho nitro benzene ring substituents is 1. The van der Waals surface area contributed by atoms with Crippen molar-refractivity contribution in [1.29, 1.82) is 0 Å². The normalized spacial score (nSPS) is 11.8. The van der Waals surface area contributed by atoms with E-state index in [1.165, 1.54) is 35.5 Å². The van der Waals surface area contributed by atoms with Crippen molar-refractivity contribution in [3.63, 3.8) is 0 Å². The lowest BCUT2D eigenvalue weighted by molar-refractivity contribution is -0.384. The summed E-state index contributed by atoms with van der Waals surface area (Å²) >= 11 is 7.25. The van der Waals surface area contributed by atoms with Gasteiger partial charge in [-0.25, -0.2) is 0 Å². The van der Waals surface area contributed by atoms with Crippen LogP contribution in [-0.4, -0.2) is 36.3 Å². The summed E-state index contributed by atoms with van der Waals surface area (Å²) in [5, 5.41) is 25.3. The number of thioether (sulfide) groups is 1. The zero-order valence-electron chi connectivity index (χ0n) is 17.0. The van der Waals surface area contributed by atoms with E-state index in [2.05, 4.69) is 27.8 Å². The van der Waals surface area contributed by atoms with Crippen molar-refractivity contribution in [2.24, 2.45) is 0 Å². The minimum Gasteiger partial charge on any atom is -0.324 e. The van der Waals surface area contributed by atoms with Gasteiger partial charge in [0, 0.05) is 12.1 Å². The van der Waals surface area contributed by atoms with E-state index in [0.29, 0.717) is 10.8 Å². The Morgan fingerprint density at radius 2 is 2.03 bits per heavy atom. The molecule has 0 bridgehead atoms. The second-order valence-corrected chi connectivity index (χ2v) is 8.53. The molecule has 0 spiro atoms. The summed E-state index contributed by atoms with van der Waals surface area (Å²) in [6, 6.07) is 11.9. The van der Waals surface area contributed by atoms with Crippen LogP contribution in [0.15, 0.2) is 47.6 Å². The van der Waals surface area contributed by atoms with Crippen LogP contribution in [0.1, 0.15) is 32.3 Å². The van der Waals surface area contributed by atoms with Gasteiger partial charge in [-0.1, -0.05) is 48.8 Å². The summed E-state index contributed by atoms with van der Waals surface area (Å²) in [7, 11) is 0. The zero-order valence-corrected chi connectivity index (χ0v) is 18.6. The number of tetrazole rings is 1. The molecule has 3 rings (SSSR count). The number of carbonyl (C=O) groups excluding carboxylic acids is 1. The minimum absolute atomic E-state index is 0.0905. The van der Waals surface area contributed by atoms with Crippen molar-refractivity contribution in [2.45, 2.75) is 43.5 Å². The Hall–Kier alpha value is -2.98. The lowest BCUT2D eigenvalue weighted by atomic mass is 10.1. The van der Waals surface area contributed by atoms with Gasteiger partial charge >= 0.3 is 0 Å². The molecule has 0 fully saturated rings. The van der Waals surface area contributed by atoms with Gasteiger partial charge in [0.25, 0.3) is 5.69 Å². The highest BCUT2D eigenvalue weighted by Crippen LogP contribution is 2.29. The van der Waals surface area contributed by atoms with Crippen molar-refractivity contribution in [3.8, 4) is 5.69 Å². The SMILES string of the molecule is CCCCc1ccc(-n2nnnc2SC(C)C(=O)Nc2ccc([N+](=O)[O-])cc2Cl)cc1. The molecule has 2 aromatic carbocycles. The zero-order chi connectivity index (χ0) is 22.4. The van der Waals surface area contributed by atoms with Crippen molar-refractivity contribution < 1.29 is 9.72 Å². The average molecular weight is 461 g/mol. The van der Waals surface area contributed by atoms with Gasteiger partial charge in [0.1, 0.15) is 0 Å². The number of amides is 1. The van der Waals surface area contributed by atoms with Gasteiger partial charge in [-0.2, -0.15) is 4.68 Å². The summed E-state index contributed by atoms with van der Waals surface area (Å²) < 4.78 is 1.58. The Labute approximate surface area is 188 Å². The molecule has 1 unspecified atom stereocenters. The van der Waals surface area contributed by atoms with Crippen molar-refractivity contribution in [1.82, 2.24) is 20.2 Å². The van der Waals surface area contributed by atoms with Crippen molar-refractivity contribution in [3.05, 3.63) is 63.2 Å². The van der Waals surface area contributed by atoms with Gasteiger partial charge in [-0.3, -0.25) is 14.9 Å². The lowest BCUT2D eigenvalue weighted by Crippen LogP contribution is -2.23. The number of anilines is 1. The molecule has 0 saturated heterocycles. The molecule has 1 heterocycles. The number of nitrogens with one attached hydrogen (secondary N) is 1. The first-order valence-corrected chi connectivity index (χ1v) is 10.9. The first-order chi connectivity index (χ1) is 14.9. The van der Waals surface area contributed by atoms with E-state index in [9.17, 15) is 14.9 Å². The third kappa shape index (κ3) is 5.80. The quantitative estimate of drug-likeness (QED) is 0.280. The predicted octanol–water partition coefficient (Wildman–Crippen LogP) is 4.69. The van der Waals surface area contributed by atoms with Crippen LogP contribution in [-0.2, 0) is 11.2 Å². The number of nitro benzene ring substituents is 1. The summed E-state index contributed by atoms with van der Waals surface area (Å²) in [6.07, 6.45) is 3.30. The Morgan fingerprint density at radius 1 is 1.29 bits per heavy atom. The monoisotopic (exact) mass is 460 g/mol. The molecular weight excluding hydrogens is 440 g/mol. The van der Waals surface area contributed by atoms with Crippen LogP contribution >= 0.6 is 23.4 Å². The molecule has 0 aliphatic carbocycles. The largest absolute Gasteiger partial charge is 0.324 e. The second-order valence-electron chi connectivity index (χ2n) is 6.81. The summed E-state index contributed by atoms with van der Waals surface area (Å²) in [5.41, 5.74) is 2.21. The topological polar surface area (TPSA) is 116 Å². The molecule has 162 valence electrons. The van der Waals surface area contributed by atoms with E-state index in [-0.39, 0.29) is 16.6 Å². The molecule has 1 amide bonds. The third-order valence-electron chi connectivity index (χ3n) is 4.51. The van der Waals surface area contributed by atoms with Crippen molar-refractivity contribution >= 4 is 40.6 Å². The number of aryl methyl sites for hydroxylation is 1. The number of hydrogen-bond donors (Lipinski definition) is 1. The Balaban J connectivity index is 1.67. The maximum absolute atomic E-state index is 12.6. The van der Waals surface area contributed by atoms with Gasteiger partial charge in [0.15, 0.2) is 0 Å².